The van der Waals surface area contributed by atoms with Crippen LogP contribution in [0.1, 0.15) is 29.5 Å². The summed E-state index contributed by atoms with van der Waals surface area (Å²) in [7, 11) is 0. The molecule has 1 unspecified atom stereocenters. The number of carbonyl (C=O) groups excluding carboxylic acids is 1. The van der Waals surface area contributed by atoms with E-state index in [0.29, 0.717) is 17.6 Å². The Morgan fingerprint density at radius 1 is 1.56 bits per heavy atom. The molecule has 0 radical (unpaired) electrons. The number of hydrogen-bond acceptors (Lipinski definition) is 4. The third-order valence-electron chi connectivity index (χ3n) is 2.89. The lowest BCUT2D eigenvalue weighted by Crippen LogP contribution is -2.36. The average molecular weight is 248 g/mol. The molecule has 0 aromatic carbocycles. The summed E-state index contributed by atoms with van der Waals surface area (Å²) in [5, 5.41) is 19.7. The molecule has 0 bridgehead atoms. The van der Waals surface area contributed by atoms with Gasteiger partial charge in [0, 0.05) is 11.8 Å². The summed E-state index contributed by atoms with van der Waals surface area (Å²) in [6.45, 7) is 3.69. The third-order valence-corrected chi connectivity index (χ3v) is 2.89. The van der Waals surface area contributed by atoms with Crippen LogP contribution in [0.2, 0.25) is 0 Å². The molecule has 0 saturated carbocycles. The summed E-state index contributed by atoms with van der Waals surface area (Å²) in [5.41, 5.74) is 1.15. The van der Waals surface area contributed by atoms with E-state index in [4.69, 9.17) is 5.11 Å². The lowest BCUT2D eigenvalue weighted by Gasteiger charge is -2.13. The summed E-state index contributed by atoms with van der Waals surface area (Å²) in [4.78, 5) is 11.9. The largest absolute Gasteiger partial charge is 0.394 e. The molecule has 2 heterocycles. The SMILES string of the molecule is CCC(CO)NC(=O)c1ccn2c(C)nnc2c1. The maximum absolute atomic E-state index is 11.9. The van der Waals surface area contributed by atoms with Crippen LogP contribution in [0, 0.1) is 6.92 Å². The minimum Gasteiger partial charge on any atom is -0.394 e. The predicted octanol–water partition coefficient (Wildman–Crippen LogP) is 0.538. The molecule has 0 fully saturated rings. The Bertz CT molecular complexity index is 560. The quantitative estimate of drug-likeness (QED) is 0.827. The number of hydrogen-bond donors (Lipinski definition) is 2. The molecule has 2 aromatic heterocycles. The molecule has 18 heavy (non-hydrogen) atoms. The van der Waals surface area contributed by atoms with Crippen molar-refractivity contribution in [1.29, 1.82) is 0 Å². The second kappa shape index (κ2) is 5.14. The minimum atomic E-state index is -0.215. The van der Waals surface area contributed by atoms with Crippen LogP contribution in [0.5, 0.6) is 0 Å². The highest BCUT2D eigenvalue weighted by atomic mass is 16.3. The molecule has 2 N–H and O–H groups in total. The van der Waals surface area contributed by atoms with Crippen molar-refractivity contribution in [2.24, 2.45) is 0 Å². The van der Waals surface area contributed by atoms with E-state index in [1.165, 1.54) is 0 Å². The lowest BCUT2D eigenvalue weighted by molar-refractivity contribution is 0.0915. The number of aliphatic hydroxyl groups is 1. The summed E-state index contributed by atoms with van der Waals surface area (Å²) < 4.78 is 1.81. The topological polar surface area (TPSA) is 79.5 Å². The molecule has 1 amide bonds. The van der Waals surface area contributed by atoms with Crippen LogP contribution in [0.15, 0.2) is 18.3 Å². The highest BCUT2D eigenvalue weighted by molar-refractivity contribution is 5.95. The fourth-order valence-corrected chi connectivity index (χ4v) is 1.70. The first-order valence-corrected chi connectivity index (χ1v) is 5.88. The van der Waals surface area contributed by atoms with Crippen molar-refractivity contribution in [2.45, 2.75) is 26.3 Å². The van der Waals surface area contributed by atoms with E-state index < -0.39 is 0 Å². The molecule has 1 atom stereocenters. The highest BCUT2D eigenvalue weighted by Gasteiger charge is 2.12. The van der Waals surface area contributed by atoms with Gasteiger partial charge >= 0.3 is 0 Å². The van der Waals surface area contributed by atoms with Crippen LogP contribution in [-0.4, -0.2) is 38.3 Å². The molecule has 2 rings (SSSR count). The summed E-state index contributed by atoms with van der Waals surface area (Å²) in [5.74, 6) is 0.567. The van der Waals surface area contributed by atoms with Gasteiger partial charge in [0.1, 0.15) is 5.82 Å². The third kappa shape index (κ3) is 2.33. The van der Waals surface area contributed by atoms with Crippen LogP contribution < -0.4 is 5.32 Å². The van der Waals surface area contributed by atoms with Gasteiger partial charge in [-0.1, -0.05) is 6.92 Å². The number of aromatic nitrogens is 3. The van der Waals surface area contributed by atoms with Gasteiger partial charge in [0.2, 0.25) is 0 Å². The van der Waals surface area contributed by atoms with E-state index in [9.17, 15) is 4.79 Å². The molecule has 0 aliphatic heterocycles. The second-order valence-corrected chi connectivity index (χ2v) is 4.15. The molecular weight excluding hydrogens is 232 g/mol. The van der Waals surface area contributed by atoms with Gasteiger partial charge in [-0.2, -0.15) is 0 Å². The van der Waals surface area contributed by atoms with Gasteiger partial charge in [-0.05, 0) is 25.5 Å². The Morgan fingerprint density at radius 2 is 2.33 bits per heavy atom. The Labute approximate surface area is 105 Å². The van der Waals surface area contributed by atoms with E-state index in [1.807, 2.05) is 13.8 Å². The van der Waals surface area contributed by atoms with E-state index in [2.05, 4.69) is 15.5 Å². The van der Waals surface area contributed by atoms with Gasteiger partial charge in [-0.25, -0.2) is 0 Å². The Kier molecular flexibility index (Phi) is 3.57. The number of pyridine rings is 1. The fraction of sp³-hybridized carbons (Fsp3) is 0.417. The van der Waals surface area contributed by atoms with Crippen LogP contribution in [-0.2, 0) is 0 Å². The number of aliphatic hydroxyl groups excluding tert-OH is 1. The molecule has 6 nitrogen and oxygen atoms in total. The summed E-state index contributed by atoms with van der Waals surface area (Å²) in [6.07, 6.45) is 2.45. The minimum absolute atomic E-state index is 0.0610. The lowest BCUT2D eigenvalue weighted by atomic mass is 10.2. The summed E-state index contributed by atoms with van der Waals surface area (Å²) in [6, 6.07) is 3.18. The monoisotopic (exact) mass is 248 g/mol. The number of fused-ring (bicyclic) bond motifs is 1. The molecule has 0 spiro atoms. The maximum atomic E-state index is 11.9. The molecule has 6 heteroatoms. The van der Waals surface area contributed by atoms with Crippen molar-refractivity contribution in [3.8, 4) is 0 Å². The zero-order valence-electron chi connectivity index (χ0n) is 10.4. The van der Waals surface area contributed by atoms with E-state index in [1.54, 1.807) is 22.7 Å². The normalized spacial score (nSPS) is 12.6. The first kappa shape index (κ1) is 12.5. The Balaban J connectivity index is 2.22. The predicted molar refractivity (Wildman–Crippen MR) is 66.4 cm³/mol. The van der Waals surface area contributed by atoms with Gasteiger partial charge < -0.3 is 10.4 Å². The van der Waals surface area contributed by atoms with Gasteiger partial charge in [-0.3, -0.25) is 9.20 Å². The van der Waals surface area contributed by atoms with Crippen molar-refractivity contribution in [1.82, 2.24) is 19.9 Å². The van der Waals surface area contributed by atoms with Crippen molar-refractivity contribution >= 4 is 11.6 Å². The standard InChI is InChI=1S/C12H16N4O2/c1-3-10(7-17)13-12(18)9-4-5-16-8(2)14-15-11(16)6-9/h4-6,10,17H,3,7H2,1-2H3,(H,13,18). The van der Waals surface area contributed by atoms with Gasteiger partial charge in [-0.15, -0.1) is 10.2 Å². The molecule has 0 saturated heterocycles. The van der Waals surface area contributed by atoms with Crippen molar-refractivity contribution in [2.75, 3.05) is 6.61 Å². The van der Waals surface area contributed by atoms with E-state index >= 15 is 0 Å². The first-order valence-electron chi connectivity index (χ1n) is 5.88. The first-order chi connectivity index (χ1) is 8.65. The molecular formula is C12H16N4O2. The van der Waals surface area contributed by atoms with Crippen molar-refractivity contribution in [3.63, 3.8) is 0 Å². The van der Waals surface area contributed by atoms with E-state index in [-0.39, 0.29) is 18.6 Å². The van der Waals surface area contributed by atoms with Gasteiger partial charge in [0.15, 0.2) is 5.65 Å². The number of nitrogens with one attached hydrogen (secondary N) is 1. The van der Waals surface area contributed by atoms with E-state index in [0.717, 1.165) is 5.82 Å². The number of amides is 1. The smallest absolute Gasteiger partial charge is 0.251 e. The van der Waals surface area contributed by atoms with Crippen LogP contribution in [0.25, 0.3) is 5.65 Å². The molecule has 96 valence electrons. The molecule has 0 aliphatic rings. The highest BCUT2D eigenvalue weighted by Crippen LogP contribution is 2.07. The zero-order chi connectivity index (χ0) is 13.1. The van der Waals surface area contributed by atoms with Crippen molar-refractivity contribution < 1.29 is 9.90 Å². The van der Waals surface area contributed by atoms with Crippen LogP contribution in [0.3, 0.4) is 0 Å². The van der Waals surface area contributed by atoms with Gasteiger partial charge in [0.05, 0.1) is 12.6 Å². The van der Waals surface area contributed by atoms with Crippen molar-refractivity contribution in [3.05, 3.63) is 29.7 Å². The average Bonchev–Trinajstić information content (AvgIpc) is 2.77. The molecule has 0 aliphatic carbocycles. The number of nitrogens with zero attached hydrogens (tertiary/aromatic N) is 3. The summed E-state index contributed by atoms with van der Waals surface area (Å²) >= 11 is 0. The zero-order valence-corrected chi connectivity index (χ0v) is 10.4. The maximum Gasteiger partial charge on any atom is 0.251 e. The Hall–Kier alpha value is -1.95. The second-order valence-electron chi connectivity index (χ2n) is 4.15. The number of carbonyl (C=O) groups is 1. The molecule has 2 aromatic rings. The van der Waals surface area contributed by atoms with Crippen LogP contribution in [0.4, 0.5) is 0 Å². The van der Waals surface area contributed by atoms with Gasteiger partial charge in [0.25, 0.3) is 5.91 Å². The number of rotatable bonds is 4. The number of aryl methyl sites for hydroxylation is 1. The fourth-order valence-electron chi connectivity index (χ4n) is 1.70. The Morgan fingerprint density at radius 3 is 3.00 bits per heavy atom. The van der Waals surface area contributed by atoms with Crippen LogP contribution >= 0.6 is 0 Å².